The lowest BCUT2D eigenvalue weighted by Crippen LogP contribution is -2.18. The molecule has 0 aliphatic carbocycles. The first-order chi connectivity index (χ1) is 13.1. The zero-order valence-electron chi connectivity index (χ0n) is 14.0. The Morgan fingerprint density at radius 3 is 2.85 bits per heavy atom. The Balaban J connectivity index is 1.48. The Kier molecular flexibility index (Phi) is 4.83. The molecule has 0 aliphatic heterocycles. The van der Waals surface area contributed by atoms with E-state index in [1.807, 2.05) is 30.3 Å². The molecule has 8 heteroatoms. The van der Waals surface area contributed by atoms with Crippen molar-refractivity contribution in [2.75, 3.05) is 5.32 Å². The van der Waals surface area contributed by atoms with Gasteiger partial charge in [-0.25, -0.2) is 4.68 Å². The number of aromatic nitrogens is 3. The topological polar surface area (TPSA) is 73.0 Å². The van der Waals surface area contributed by atoms with Crippen molar-refractivity contribution in [1.29, 1.82) is 0 Å². The molecule has 0 spiro atoms. The molecule has 0 saturated carbocycles. The molecule has 2 aromatic carbocycles. The SMILES string of the molecule is O=C(Cc1noc2ccccc12)Nc1ccnn1Cc1ccc(Cl)cc1Cl. The number of hydrogen-bond donors (Lipinski definition) is 1. The third-order valence-electron chi connectivity index (χ3n) is 4.10. The van der Waals surface area contributed by atoms with Gasteiger partial charge in [-0.15, -0.1) is 0 Å². The van der Waals surface area contributed by atoms with E-state index >= 15 is 0 Å². The van der Waals surface area contributed by atoms with Gasteiger partial charge in [0.15, 0.2) is 5.58 Å². The van der Waals surface area contributed by atoms with Crippen molar-refractivity contribution < 1.29 is 9.32 Å². The maximum Gasteiger partial charge on any atom is 0.231 e. The highest BCUT2D eigenvalue weighted by molar-refractivity contribution is 6.35. The molecule has 1 amide bonds. The largest absolute Gasteiger partial charge is 0.356 e. The molecular weight excluding hydrogens is 387 g/mol. The lowest BCUT2D eigenvalue weighted by molar-refractivity contribution is -0.115. The number of anilines is 1. The van der Waals surface area contributed by atoms with Gasteiger partial charge >= 0.3 is 0 Å². The van der Waals surface area contributed by atoms with Gasteiger partial charge in [0.25, 0.3) is 0 Å². The van der Waals surface area contributed by atoms with E-state index in [-0.39, 0.29) is 12.3 Å². The fourth-order valence-corrected chi connectivity index (χ4v) is 3.25. The summed E-state index contributed by atoms with van der Waals surface area (Å²) in [5.41, 5.74) is 2.10. The summed E-state index contributed by atoms with van der Waals surface area (Å²) in [6, 6.07) is 14.4. The Labute approximate surface area is 164 Å². The minimum Gasteiger partial charge on any atom is -0.356 e. The number of hydrogen-bond acceptors (Lipinski definition) is 4. The second-order valence-corrected chi connectivity index (χ2v) is 6.80. The Morgan fingerprint density at radius 2 is 2.00 bits per heavy atom. The van der Waals surface area contributed by atoms with Gasteiger partial charge in [-0.05, 0) is 29.8 Å². The molecule has 2 heterocycles. The molecule has 0 atom stereocenters. The van der Waals surface area contributed by atoms with E-state index in [0.717, 1.165) is 10.9 Å². The van der Waals surface area contributed by atoms with Crippen LogP contribution in [0.25, 0.3) is 11.0 Å². The average molecular weight is 401 g/mol. The molecule has 27 heavy (non-hydrogen) atoms. The van der Waals surface area contributed by atoms with Crippen LogP contribution in [0.4, 0.5) is 5.82 Å². The minimum absolute atomic E-state index is 0.101. The van der Waals surface area contributed by atoms with Gasteiger partial charge in [-0.3, -0.25) is 4.79 Å². The quantitative estimate of drug-likeness (QED) is 0.532. The number of para-hydroxylation sites is 1. The maximum absolute atomic E-state index is 12.5. The van der Waals surface area contributed by atoms with Gasteiger partial charge in [0, 0.05) is 21.5 Å². The molecule has 0 unspecified atom stereocenters. The zero-order valence-corrected chi connectivity index (χ0v) is 15.5. The highest BCUT2D eigenvalue weighted by atomic mass is 35.5. The van der Waals surface area contributed by atoms with Gasteiger partial charge in [-0.2, -0.15) is 5.10 Å². The fraction of sp³-hybridized carbons (Fsp3) is 0.105. The van der Waals surface area contributed by atoms with E-state index in [1.54, 1.807) is 29.1 Å². The minimum atomic E-state index is -0.210. The van der Waals surface area contributed by atoms with Crippen LogP contribution >= 0.6 is 23.2 Å². The van der Waals surface area contributed by atoms with Crippen LogP contribution in [-0.2, 0) is 17.8 Å². The van der Waals surface area contributed by atoms with Crippen molar-refractivity contribution in [3.05, 3.63) is 76.0 Å². The number of halogens is 2. The van der Waals surface area contributed by atoms with Crippen LogP contribution in [-0.4, -0.2) is 20.8 Å². The zero-order chi connectivity index (χ0) is 18.8. The molecule has 0 fully saturated rings. The van der Waals surface area contributed by atoms with Crippen molar-refractivity contribution in [2.45, 2.75) is 13.0 Å². The van der Waals surface area contributed by atoms with Crippen LogP contribution in [0.15, 0.2) is 59.3 Å². The van der Waals surface area contributed by atoms with E-state index in [1.165, 1.54) is 0 Å². The van der Waals surface area contributed by atoms with E-state index < -0.39 is 0 Å². The van der Waals surface area contributed by atoms with Gasteiger partial charge in [-0.1, -0.05) is 46.6 Å². The second kappa shape index (κ2) is 7.42. The highest BCUT2D eigenvalue weighted by Gasteiger charge is 2.14. The molecule has 2 aromatic heterocycles. The monoisotopic (exact) mass is 400 g/mol. The molecule has 0 saturated heterocycles. The molecule has 0 aliphatic rings. The fourth-order valence-electron chi connectivity index (χ4n) is 2.78. The van der Waals surface area contributed by atoms with Gasteiger partial charge in [0.05, 0.1) is 19.2 Å². The first-order valence-electron chi connectivity index (χ1n) is 8.19. The van der Waals surface area contributed by atoms with Gasteiger partial charge in [0.2, 0.25) is 5.91 Å². The number of nitrogens with one attached hydrogen (secondary N) is 1. The summed E-state index contributed by atoms with van der Waals surface area (Å²) < 4.78 is 6.90. The van der Waals surface area contributed by atoms with Crippen molar-refractivity contribution >= 4 is 45.9 Å². The van der Waals surface area contributed by atoms with Gasteiger partial charge in [0.1, 0.15) is 11.5 Å². The standard InChI is InChI=1S/C19H14Cl2N4O2/c20-13-6-5-12(15(21)9-13)11-25-18(7-8-22-25)23-19(26)10-16-14-3-1-2-4-17(14)27-24-16/h1-9H,10-11H2,(H,23,26). The number of fused-ring (bicyclic) bond motifs is 1. The number of carbonyl (C=O) groups is 1. The first kappa shape index (κ1) is 17.6. The van der Waals surface area contributed by atoms with Crippen molar-refractivity contribution in [2.24, 2.45) is 0 Å². The summed E-state index contributed by atoms with van der Waals surface area (Å²) in [5.74, 6) is 0.358. The van der Waals surface area contributed by atoms with Crippen molar-refractivity contribution in [3.63, 3.8) is 0 Å². The molecule has 1 N–H and O–H groups in total. The van der Waals surface area contributed by atoms with Crippen molar-refractivity contribution in [3.8, 4) is 0 Å². The summed E-state index contributed by atoms with van der Waals surface area (Å²) >= 11 is 12.2. The molecule has 6 nitrogen and oxygen atoms in total. The third-order valence-corrected chi connectivity index (χ3v) is 4.69. The molecule has 4 aromatic rings. The lowest BCUT2D eigenvalue weighted by atomic mass is 10.1. The van der Waals surface area contributed by atoms with Crippen molar-refractivity contribution in [1.82, 2.24) is 14.9 Å². The number of rotatable bonds is 5. The number of amides is 1. The average Bonchev–Trinajstić information content (AvgIpc) is 3.25. The lowest BCUT2D eigenvalue weighted by Gasteiger charge is -2.10. The van der Waals surface area contributed by atoms with Crippen LogP contribution in [0.1, 0.15) is 11.3 Å². The van der Waals surface area contributed by atoms with Crippen LogP contribution in [0.2, 0.25) is 10.0 Å². The number of benzene rings is 2. The predicted molar refractivity (Wildman–Crippen MR) is 104 cm³/mol. The van der Waals surface area contributed by atoms with Crippen LogP contribution < -0.4 is 5.32 Å². The second-order valence-electron chi connectivity index (χ2n) is 5.96. The first-order valence-corrected chi connectivity index (χ1v) is 8.94. The highest BCUT2D eigenvalue weighted by Crippen LogP contribution is 2.23. The molecule has 0 bridgehead atoms. The van der Waals surface area contributed by atoms with Crippen LogP contribution in [0.3, 0.4) is 0 Å². The number of carbonyl (C=O) groups excluding carboxylic acids is 1. The molecular formula is C19H14Cl2N4O2. The number of nitrogens with zero attached hydrogens (tertiary/aromatic N) is 3. The molecule has 136 valence electrons. The van der Waals surface area contributed by atoms with Crippen LogP contribution in [0, 0.1) is 0 Å². The van der Waals surface area contributed by atoms with E-state index in [9.17, 15) is 4.79 Å². The van der Waals surface area contributed by atoms with E-state index in [0.29, 0.717) is 33.7 Å². The Morgan fingerprint density at radius 1 is 1.15 bits per heavy atom. The summed E-state index contributed by atoms with van der Waals surface area (Å²) in [6.45, 7) is 0.408. The van der Waals surface area contributed by atoms with E-state index in [2.05, 4.69) is 15.6 Å². The molecule has 0 radical (unpaired) electrons. The van der Waals surface area contributed by atoms with Crippen LogP contribution in [0.5, 0.6) is 0 Å². The normalized spacial score (nSPS) is 11.0. The summed E-state index contributed by atoms with van der Waals surface area (Å²) in [7, 11) is 0. The third kappa shape index (κ3) is 3.82. The summed E-state index contributed by atoms with van der Waals surface area (Å²) in [4.78, 5) is 12.5. The maximum atomic E-state index is 12.5. The Bertz CT molecular complexity index is 1120. The smallest absolute Gasteiger partial charge is 0.231 e. The molecule has 4 rings (SSSR count). The summed E-state index contributed by atoms with van der Waals surface area (Å²) in [5, 5.41) is 13.0. The van der Waals surface area contributed by atoms with E-state index in [4.69, 9.17) is 27.7 Å². The van der Waals surface area contributed by atoms with Gasteiger partial charge < -0.3 is 9.84 Å². The summed E-state index contributed by atoms with van der Waals surface area (Å²) in [6.07, 6.45) is 1.72. The Hall–Kier alpha value is -2.83. The predicted octanol–water partition coefficient (Wildman–Crippen LogP) is 4.56.